The van der Waals surface area contributed by atoms with Crippen LogP contribution in [0.1, 0.15) is 22.8 Å². The predicted molar refractivity (Wildman–Crippen MR) is 59.4 cm³/mol. The molecule has 0 aliphatic rings. The van der Waals surface area contributed by atoms with E-state index in [4.69, 9.17) is 21.6 Å². The van der Waals surface area contributed by atoms with Crippen molar-refractivity contribution in [2.45, 2.75) is 11.8 Å². The largest absolute Gasteiger partial charge is 0.462 e. The van der Waals surface area contributed by atoms with Crippen LogP contribution in [0.4, 0.5) is 0 Å². The molecule has 0 heterocycles. The van der Waals surface area contributed by atoms with E-state index in [2.05, 4.69) is 12.6 Å². The Labute approximate surface area is 98.0 Å². The third-order valence-corrected chi connectivity index (χ3v) is 2.34. The summed E-state index contributed by atoms with van der Waals surface area (Å²) in [6, 6.07) is 4.86. The van der Waals surface area contributed by atoms with Crippen LogP contribution in [0.3, 0.4) is 0 Å². The van der Waals surface area contributed by atoms with E-state index in [0.717, 1.165) is 0 Å². The molecule has 0 amide bonds. The number of esters is 1. The van der Waals surface area contributed by atoms with Crippen molar-refractivity contribution in [1.29, 1.82) is 5.26 Å². The van der Waals surface area contributed by atoms with Crippen molar-refractivity contribution < 1.29 is 9.53 Å². The number of benzene rings is 1. The lowest BCUT2D eigenvalue weighted by Gasteiger charge is -2.06. The molecule has 0 fully saturated rings. The molecule has 5 heteroatoms. The van der Waals surface area contributed by atoms with Gasteiger partial charge in [0.05, 0.1) is 22.8 Å². The fourth-order valence-electron chi connectivity index (χ4n) is 1.05. The summed E-state index contributed by atoms with van der Waals surface area (Å²) < 4.78 is 4.80. The summed E-state index contributed by atoms with van der Waals surface area (Å²) in [6.45, 7) is 1.95. The number of hydrogen-bond donors (Lipinski definition) is 1. The van der Waals surface area contributed by atoms with Gasteiger partial charge in [0.15, 0.2) is 0 Å². The van der Waals surface area contributed by atoms with Gasteiger partial charge in [-0.1, -0.05) is 11.6 Å². The molecule has 0 radical (unpaired) electrons. The van der Waals surface area contributed by atoms with Crippen molar-refractivity contribution >= 4 is 30.2 Å². The molecule has 0 N–H and O–H groups in total. The van der Waals surface area contributed by atoms with Gasteiger partial charge in [-0.3, -0.25) is 0 Å². The number of hydrogen-bond acceptors (Lipinski definition) is 4. The van der Waals surface area contributed by atoms with Crippen LogP contribution in [0.15, 0.2) is 17.0 Å². The Morgan fingerprint density at radius 3 is 2.87 bits per heavy atom. The molecular formula is C10H8ClNO2S. The van der Waals surface area contributed by atoms with Gasteiger partial charge in [0, 0.05) is 4.90 Å². The van der Waals surface area contributed by atoms with Crippen LogP contribution in [0.5, 0.6) is 0 Å². The van der Waals surface area contributed by atoms with Crippen molar-refractivity contribution in [1.82, 2.24) is 0 Å². The second kappa shape index (κ2) is 5.06. The van der Waals surface area contributed by atoms with Gasteiger partial charge in [-0.05, 0) is 19.1 Å². The van der Waals surface area contributed by atoms with Gasteiger partial charge in [0.2, 0.25) is 0 Å². The van der Waals surface area contributed by atoms with E-state index in [1.807, 2.05) is 6.07 Å². The Morgan fingerprint density at radius 1 is 1.67 bits per heavy atom. The first-order chi connectivity index (χ1) is 7.10. The molecule has 1 aromatic rings. The van der Waals surface area contributed by atoms with E-state index in [-0.39, 0.29) is 22.8 Å². The highest BCUT2D eigenvalue weighted by molar-refractivity contribution is 7.80. The van der Waals surface area contributed by atoms with E-state index in [0.29, 0.717) is 4.90 Å². The molecule has 0 atom stereocenters. The Bertz CT molecular complexity index is 440. The van der Waals surface area contributed by atoms with Crippen molar-refractivity contribution in [3.63, 3.8) is 0 Å². The fourth-order valence-corrected chi connectivity index (χ4v) is 1.53. The van der Waals surface area contributed by atoms with E-state index in [1.165, 1.54) is 12.1 Å². The number of halogens is 1. The fraction of sp³-hybridized carbons (Fsp3) is 0.200. The lowest BCUT2D eigenvalue weighted by Crippen LogP contribution is -2.06. The zero-order valence-corrected chi connectivity index (χ0v) is 9.60. The molecule has 0 aliphatic carbocycles. The molecule has 0 saturated carbocycles. The SMILES string of the molecule is CCOC(=O)c1cc(S)cc(C#N)c1Cl. The molecule has 0 saturated heterocycles. The zero-order valence-electron chi connectivity index (χ0n) is 7.95. The van der Waals surface area contributed by atoms with Crippen LogP contribution in [-0.4, -0.2) is 12.6 Å². The summed E-state index contributed by atoms with van der Waals surface area (Å²) in [5, 5.41) is 8.86. The van der Waals surface area contributed by atoms with Crippen LogP contribution >= 0.6 is 24.2 Å². The molecule has 15 heavy (non-hydrogen) atoms. The van der Waals surface area contributed by atoms with Gasteiger partial charge >= 0.3 is 5.97 Å². The minimum absolute atomic E-state index is 0.105. The van der Waals surface area contributed by atoms with Gasteiger partial charge in [-0.25, -0.2) is 4.79 Å². The van der Waals surface area contributed by atoms with E-state index in [1.54, 1.807) is 6.92 Å². The molecule has 0 spiro atoms. The van der Waals surface area contributed by atoms with Crippen molar-refractivity contribution in [2.24, 2.45) is 0 Å². The number of carbonyl (C=O) groups excluding carboxylic acids is 1. The standard InChI is InChI=1S/C10H8ClNO2S/c1-2-14-10(13)8-4-7(15)3-6(5-12)9(8)11/h3-4,15H,2H2,1H3. The smallest absolute Gasteiger partial charge is 0.339 e. The normalized spacial score (nSPS) is 9.47. The topological polar surface area (TPSA) is 50.1 Å². The summed E-state index contributed by atoms with van der Waals surface area (Å²) in [6.07, 6.45) is 0. The number of rotatable bonds is 2. The maximum atomic E-state index is 11.4. The molecule has 78 valence electrons. The Morgan fingerprint density at radius 2 is 2.33 bits per heavy atom. The molecule has 0 unspecified atom stereocenters. The van der Waals surface area contributed by atoms with Crippen molar-refractivity contribution in [3.8, 4) is 6.07 Å². The third-order valence-electron chi connectivity index (χ3n) is 1.67. The number of nitrogens with zero attached hydrogens (tertiary/aromatic N) is 1. The lowest BCUT2D eigenvalue weighted by atomic mass is 10.1. The monoisotopic (exact) mass is 241 g/mol. The maximum Gasteiger partial charge on any atom is 0.339 e. The molecular weight excluding hydrogens is 234 g/mol. The predicted octanol–water partition coefficient (Wildman–Crippen LogP) is 2.68. The van der Waals surface area contributed by atoms with Gasteiger partial charge in [-0.2, -0.15) is 5.26 Å². The van der Waals surface area contributed by atoms with Crippen molar-refractivity contribution in [2.75, 3.05) is 6.61 Å². The second-order valence-electron chi connectivity index (χ2n) is 2.69. The molecule has 3 nitrogen and oxygen atoms in total. The average molecular weight is 242 g/mol. The molecule has 0 aliphatic heterocycles. The summed E-state index contributed by atoms with van der Waals surface area (Å²) >= 11 is 9.92. The maximum absolute atomic E-state index is 11.4. The first-order valence-corrected chi connectivity index (χ1v) is 5.02. The van der Waals surface area contributed by atoms with E-state index < -0.39 is 5.97 Å². The summed E-state index contributed by atoms with van der Waals surface area (Å²) in [7, 11) is 0. The first kappa shape index (κ1) is 11.9. The molecule has 0 aromatic heterocycles. The van der Waals surface area contributed by atoms with Crippen LogP contribution in [0.25, 0.3) is 0 Å². The molecule has 1 rings (SSSR count). The average Bonchev–Trinajstić information content (AvgIpc) is 2.21. The van der Waals surface area contributed by atoms with Gasteiger partial charge in [-0.15, -0.1) is 12.6 Å². The highest BCUT2D eigenvalue weighted by atomic mass is 35.5. The summed E-state index contributed by atoms with van der Waals surface area (Å²) in [5.74, 6) is -0.546. The number of nitriles is 1. The number of carbonyl (C=O) groups is 1. The van der Waals surface area contributed by atoms with Crippen LogP contribution in [0.2, 0.25) is 5.02 Å². The van der Waals surface area contributed by atoms with Gasteiger partial charge in [0.25, 0.3) is 0 Å². The lowest BCUT2D eigenvalue weighted by molar-refractivity contribution is 0.0526. The highest BCUT2D eigenvalue weighted by Crippen LogP contribution is 2.25. The van der Waals surface area contributed by atoms with E-state index in [9.17, 15) is 4.79 Å². The summed E-state index contributed by atoms with van der Waals surface area (Å²) in [4.78, 5) is 11.9. The van der Waals surface area contributed by atoms with Crippen LogP contribution in [0, 0.1) is 11.3 Å². The molecule has 0 bridgehead atoms. The van der Waals surface area contributed by atoms with E-state index >= 15 is 0 Å². The first-order valence-electron chi connectivity index (χ1n) is 4.19. The van der Waals surface area contributed by atoms with Crippen LogP contribution in [-0.2, 0) is 4.74 Å². The third kappa shape index (κ3) is 2.65. The Balaban J connectivity index is 3.24. The second-order valence-corrected chi connectivity index (χ2v) is 3.58. The van der Waals surface area contributed by atoms with Gasteiger partial charge < -0.3 is 4.74 Å². The zero-order chi connectivity index (χ0) is 11.4. The number of thiol groups is 1. The molecule has 1 aromatic carbocycles. The Kier molecular flexibility index (Phi) is 4.01. The van der Waals surface area contributed by atoms with Crippen LogP contribution < -0.4 is 0 Å². The summed E-state index contributed by atoms with van der Waals surface area (Å²) in [5.41, 5.74) is 0.384. The highest BCUT2D eigenvalue weighted by Gasteiger charge is 2.15. The Hall–Kier alpha value is -1.18. The van der Waals surface area contributed by atoms with Crippen molar-refractivity contribution in [3.05, 3.63) is 28.3 Å². The quantitative estimate of drug-likeness (QED) is 0.640. The van der Waals surface area contributed by atoms with Gasteiger partial charge in [0.1, 0.15) is 6.07 Å². The minimum Gasteiger partial charge on any atom is -0.462 e. The number of ether oxygens (including phenoxy) is 1. The minimum atomic E-state index is -0.546.